The zero-order chi connectivity index (χ0) is 10.9. The normalized spacial score (nSPS) is 22.3. The molecule has 0 aliphatic carbocycles. The van der Waals surface area contributed by atoms with Crippen LogP contribution in [-0.2, 0) is 14.6 Å². The van der Waals surface area contributed by atoms with Crippen molar-refractivity contribution in [3.63, 3.8) is 0 Å². The average molecular weight is 238 g/mol. The van der Waals surface area contributed by atoms with E-state index >= 15 is 0 Å². The summed E-state index contributed by atoms with van der Waals surface area (Å²) in [6, 6.07) is 0. The fourth-order valence-corrected chi connectivity index (χ4v) is 3.23. The van der Waals surface area contributed by atoms with Crippen LogP contribution in [0.4, 0.5) is 0 Å². The Balaban J connectivity index is 3.02. The Morgan fingerprint density at radius 2 is 2.29 bits per heavy atom. The zero-order valence-electron chi connectivity index (χ0n) is 7.46. The number of nitro groups is 1. The zero-order valence-corrected chi connectivity index (χ0v) is 9.09. The van der Waals surface area contributed by atoms with Gasteiger partial charge in [0.05, 0.1) is 5.44 Å². The molecule has 14 heavy (non-hydrogen) atoms. The highest BCUT2D eigenvalue weighted by Crippen LogP contribution is 2.40. The van der Waals surface area contributed by atoms with Crippen molar-refractivity contribution < 1.29 is 18.1 Å². The van der Waals surface area contributed by atoms with E-state index in [4.69, 9.17) is 4.74 Å². The first-order chi connectivity index (χ1) is 6.36. The predicted molar refractivity (Wildman–Crippen MR) is 51.6 cm³/mol. The smallest absolute Gasteiger partial charge is 0.161 e. The third-order valence-corrected chi connectivity index (χ3v) is 4.05. The van der Waals surface area contributed by atoms with E-state index in [1.54, 1.807) is 0 Å². The largest absolute Gasteiger partial charge is 0.385 e. The summed E-state index contributed by atoms with van der Waals surface area (Å²) in [5.41, 5.74) is -0.801. The molecule has 0 N–H and O–H groups in total. The van der Waals surface area contributed by atoms with E-state index in [9.17, 15) is 18.5 Å². The SMILES string of the molecule is CO[C@@H]1S[C-]([N+](=O)[O-])C=C1S(C)(=O)=O. The fraction of sp³-hybridized carbons (Fsp3) is 0.500. The molecule has 0 aromatic heterocycles. The van der Waals surface area contributed by atoms with Crippen molar-refractivity contribution in [2.24, 2.45) is 0 Å². The van der Waals surface area contributed by atoms with Crippen LogP contribution < -0.4 is 0 Å². The highest BCUT2D eigenvalue weighted by molar-refractivity contribution is 8.05. The van der Waals surface area contributed by atoms with Crippen LogP contribution in [0.1, 0.15) is 0 Å². The van der Waals surface area contributed by atoms with Gasteiger partial charge in [0.2, 0.25) is 0 Å². The monoisotopic (exact) mass is 238 g/mol. The number of ether oxygens (including phenoxy) is 1. The van der Waals surface area contributed by atoms with Gasteiger partial charge in [-0.05, 0) is 4.92 Å². The van der Waals surface area contributed by atoms with E-state index in [-0.39, 0.29) is 10.3 Å². The lowest BCUT2D eigenvalue weighted by Gasteiger charge is -2.16. The van der Waals surface area contributed by atoms with Crippen LogP contribution in [0, 0.1) is 15.5 Å². The molecular formula is C6H8NO5S2-. The lowest BCUT2D eigenvalue weighted by molar-refractivity contribution is -0.437. The number of nitrogens with zero attached hydrogens (tertiary/aromatic N) is 1. The minimum absolute atomic E-state index is 0.0586. The van der Waals surface area contributed by atoms with Crippen LogP contribution in [0.2, 0.25) is 0 Å². The first-order valence-corrected chi connectivity index (χ1v) is 6.26. The second kappa shape index (κ2) is 3.79. The minimum atomic E-state index is -3.44. The van der Waals surface area contributed by atoms with E-state index in [1.165, 1.54) is 7.11 Å². The molecule has 8 heteroatoms. The molecule has 6 nitrogen and oxygen atoms in total. The summed E-state index contributed by atoms with van der Waals surface area (Å²) in [6.45, 7) is 0. The molecule has 0 bridgehead atoms. The van der Waals surface area contributed by atoms with E-state index in [1.807, 2.05) is 0 Å². The molecule has 0 aromatic carbocycles. The Kier molecular flexibility index (Phi) is 3.07. The topological polar surface area (TPSA) is 86.5 Å². The van der Waals surface area contributed by atoms with E-state index < -0.39 is 20.2 Å². The Morgan fingerprint density at radius 1 is 1.71 bits per heavy atom. The van der Waals surface area contributed by atoms with Gasteiger partial charge in [-0.2, -0.15) is 0 Å². The summed E-state index contributed by atoms with van der Waals surface area (Å²) in [7, 11) is -2.14. The molecule has 1 rings (SSSR count). The van der Waals surface area contributed by atoms with Crippen LogP contribution in [0.5, 0.6) is 0 Å². The van der Waals surface area contributed by atoms with Gasteiger partial charge >= 0.3 is 0 Å². The molecule has 0 aromatic rings. The highest BCUT2D eigenvalue weighted by atomic mass is 32.2. The minimum Gasteiger partial charge on any atom is -0.385 e. The number of hydrogen-bond acceptors (Lipinski definition) is 6. The summed E-state index contributed by atoms with van der Waals surface area (Å²) in [4.78, 5) is 9.70. The van der Waals surface area contributed by atoms with Crippen LogP contribution >= 0.6 is 11.8 Å². The molecule has 0 fully saturated rings. The maximum atomic E-state index is 11.2. The number of sulfone groups is 1. The first-order valence-electron chi connectivity index (χ1n) is 3.48. The second-order valence-corrected chi connectivity index (χ2v) is 5.70. The molecule has 1 atom stereocenters. The van der Waals surface area contributed by atoms with Gasteiger partial charge in [0.25, 0.3) is 0 Å². The van der Waals surface area contributed by atoms with Crippen molar-refractivity contribution >= 4 is 21.6 Å². The summed E-state index contributed by atoms with van der Waals surface area (Å²) >= 11 is 0.777. The molecule has 0 amide bonds. The van der Waals surface area contributed by atoms with Gasteiger partial charge in [-0.1, -0.05) is 4.91 Å². The number of hydrogen-bond donors (Lipinski definition) is 0. The quantitative estimate of drug-likeness (QED) is 0.402. The molecule has 0 unspecified atom stereocenters. The molecule has 80 valence electrons. The Hall–Kier alpha value is -0.730. The lowest BCUT2D eigenvalue weighted by atomic mass is 10.5. The van der Waals surface area contributed by atoms with Gasteiger partial charge in [0.15, 0.2) is 5.37 Å². The molecular weight excluding hydrogens is 230 g/mol. The van der Waals surface area contributed by atoms with Crippen molar-refractivity contribution in [2.45, 2.75) is 5.44 Å². The summed E-state index contributed by atoms with van der Waals surface area (Å²) in [6.07, 6.45) is 2.03. The molecule has 1 aliphatic heterocycles. The molecule has 0 spiro atoms. The van der Waals surface area contributed by atoms with Crippen LogP contribution in [0.25, 0.3) is 0 Å². The van der Waals surface area contributed by atoms with Crippen molar-refractivity contribution in [2.75, 3.05) is 13.4 Å². The lowest BCUT2D eigenvalue weighted by Crippen LogP contribution is -2.13. The van der Waals surface area contributed by atoms with Crippen LogP contribution in [0.3, 0.4) is 0 Å². The van der Waals surface area contributed by atoms with E-state index in [0.29, 0.717) is 0 Å². The van der Waals surface area contributed by atoms with Gasteiger partial charge in [-0.15, -0.1) is 17.8 Å². The third kappa shape index (κ3) is 2.20. The Bertz CT molecular complexity index is 374. The Labute approximate surface area is 85.4 Å². The molecule has 0 radical (unpaired) electrons. The third-order valence-electron chi connectivity index (χ3n) is 1.55. The van der Waals surface area contributed by atoms with Gasteiger partial charge < -0.3 is 4.74 Å². The van der Waals surface area contributed by atoms with Crippen molar-refractivity contribution in [1.29, 1.82) is 0 Å². The summed E-state index contributed by atoms with van der Waals surface area (Å²) < 4.78 is 27.2. The van der Waals surface area contributed by atoms with Gasteiger partial charge in [-0.3, -0.25) is 10.1 Å². The predicted octanol–water partition coefficient (Wildman–Crippen LogP) is 0.400. The number of thioether (sulfide) groups is 1. The second-order valence-electron chi connectivity index (χ2n) is 2.60. The van der Waals surface area contributed by atoms with Crippen molar-refractivity contribution in [3.05, 3.63) is 26.5 Å². The molecule has 1 aliphatic rings. The highest BCUT2D eigenvalue weighted by Gasteiger charge is 2.29. The molecule has 1 heterocycles. The van der Waals surface area contributed by atoms with Gasteiger partial charge in [0.1, 0.15) is 9.84 Å². The summed E-state index contributed by atoms with van der Waals surface area (Å²) in [5, 5.41) is 10.2. The maximum Gasteiger partial charge on any atom is 0.161 e. The average Bonchev–Trinajstić information content (AvgIpc) is 2.46. The fourth-order valence-electron chi connectivity index (χ4n) is 0.933. The number of rotatable bonds is 3. The van der Waals surface area contributed by atoms with Gasteiger partial charge in [-0.25, -0.2) is 8.42 Å². The molecule has 0 saturated heterocycles. The van der Waals surface area contributed by atoms with Gasteiger partial charge in [0, 0.05) is 13.4 Å². The first kappa shape index (κ1) is 11.3. The Morgan fingerprint density at radius 3 is 2.57 bits per heavy atom. The number of methoxy groups -OCH3 is 1. The summed E-state index contributed by atoms with van der Waals surface area (Å²) in [5.74, 6) is 0. The van der Waals surface area contributed by atoms with Crippen LogP contribution in [-0.4, -0.2) is 32.1 Å². The van der Waals surface area contributed by atoms with E-state index in [0.717, 1.165) is 24.1 Å². The molecule has 0 saturated carbocycles. The maximum absolute atomic E-state index is 11.2. The standard InChI is InChI=1S/C6H8NO5S2/c1-12-6-4(14(2,10)11)3-5(13-6)7(8)9/h3,6H,1-2H3/q-1/t6-/m1/s1. The van der Waals surface area contributed by atoms with Crippen molar-refractivity contribution in [3.8, 4) is 0 Å². The van der Waals surface area contributed by atoms with Crippen molar-refractivity contribution in [1.82, 2.24) is 0 Å². The van der Waals surface area contributed by atoms with Crippen LogP contribution in [0.15, 0.2) is 11.0 Å². The van der Waals surface area contributed by atoms with E-state index in [2.05, 4.69) is 0 Å².